The monoisotopic (exact) mass is 378 g/mol. The topological polar surface area (TPSA) is 70.3 Å². The molecule has 1 saturated heterocycles. The van der Waals surface area contributed by atoms with Gasteiger partial charge in [-0.1, -0.05) is 0 Å². The lowest BCUT2D eigenvalue weighted by Gasteiger charge is -2.34. The second-order valence-electron chi connectivity index (χ2n) is 7.52. The summed E-state index contributed by atoms with van der Waals surface area (Å²) in [6, 6.07) is 0. The van der Waals surface area contributed by atoms with E-state index in [1.807, 2.05) is 11.9 Å². The first-order valence-corrected chi connectivity index (χ1v) is 10.1. The quantitative estimate of drug-likeness (QED) is 0.792. The zero-order valence-electron chi connectivity index (χ0n) is 15.3. The van der Waals surface area contributed by atoms with Gasteiger partial charge in [-0.15, -0.1) is 11.3 Å². The minimum atomic E-state index is -0.803. The molecule has 1 unspecified atom stereocenters. The molecule has 1 aliphatic carbocycles. The van der Waals surface area contributed by atoms with Crippen LogP contribution in [-0.4, -0.2) is 76.2 Å². The molecule has 0 aromatic carbocycles. The number of imidazole rings is 1. The van der Waals surface area contributed by atoms with E-state index in [9.17, 15) is 4.79 Å². The number of fused-ring (bicyclic) bond motifs is 1. The van der Waals surface area contributed by atoms with Crippen LogP contribution in [0, 0.1) is 6.92 Å². The van der Waals surface area contributed by atoms with Gasteiger partial charge in [-0.2, -0.15) is 0 Å². The Kier molecular flexibility index (Phi) is 5.00. The molecule has 7 nitrogen and oxygen atoms in total. The molecule has 2 aromatic heterocycles. The average molecular weight is 378 g/mol. The molecule has 4 rings (SSSR count). The van der Waals surface area contributed by atoms with Gasteiger partial charge >= 0.3 is 5.97 Å². The van der Waals surface area contributed by atoms with Crippen LogP contribution in [0.5, 0.6) is 0 Å². The maximum atomic E-state index is 10.9. The van der Waals surface area contributed by atoms with Crippen LogP contribution in [0.1, 0.15) is 35.8 Å². The zero-order valence-corrected chi connectivity index (χ0v) is 16.2. The maximum Gasteiger partial charge on any atom is 0.317 e. The fourth-order valence-corrected chi connectivity index (χ4v) is 4.81. The molecule has 2 aromatic rings. The Labute approximate surface area is 157 Å². The van der Waals surface area contributed by atoms with Crippen molar-refractivity contribution in [3.8, 4) is 0 Å². The fraction of sp³-hybridized carbons (Fsp3) is 0.667. The smallest absolute Gasteiger partial charge is 0.317 e. The van der Waals surface area contributed by atoms with Crippen molar-refractivity contribution in [3.05, 3.63) is 22.5 Å². The minimum absolute atomic E-state index is 0.0435. The van der Waals surface area contributed by atoms with Gasteiger partial charge in [-0.3, -0.25) is 19.0 Å². The maximum absolute atomic E-state index is 10.9. The Morgan fingerprint density at radius 1 is 1.50 bits per heavy atom. The molecule has 2 aliphatic rings. The van der Waals surface area contributed by atoms with Crippen molar-refractivity contribution in [2.24, 2.45) is 0 Å². The number of hydrogen-bond acceptors (Lipinski definition) is 6. The number of carboxylic acid groups (broad SMARTS) is 1. The highest BCUT2D eigenvalue weighted by molar-refractivity contribution is 7.15. The Bertz CT molecular complexity index is 798. The highest BCUT2D eigenvalue weighted by Crippen LogP contribution is 2.42. The summed E-state index contributed by atoms with van der Waals surface area (Å²) in [6.45, 7) is 6.05. The van der Waals surface area contributed by atoms with E-state index in [0.717, 1.165) is 30.3 Å². The standard InChI is InChI=1S/C18H26N4O3S/c1-12-15(22-16(13-3-4-13)11-26-18(22)19-12)9-21-5-6-25-14(8-21)7-20(2)10-17(23)24/h11,13-14H,3-10H2,1-2H3,(H,23,24). The first-order valence-electron chi connectivity index (χ1n) is 9.21. The van der Waals surface area contributed by atoms with E-state index in [4.69, 9.17) is 14.8 Å². The van der Waals surface area contributed by atoms with Gasteiger partial charge in [0, 0.05) is 43.2 Å². The Balaban J connectivity index is 1.45. The van der Waals surface area contributed by atoms with Crippen molar-refractivity contribution in [1.82, 2.24) is 19.2 Å². The highest BCUT2D eigenvalue weighted by Gasteiger charge is 2.30. The van der Waals surface area contributed by atoms with Crippen LogP contribution in [0.2, 0.25) is 0 Å². The van der Waals surface area contributed by atoms with Crippen molar-refractivity contribution in [3.63, 3.8) is 0 Å². The lowest BCUT2D eigenvalue weighted by atomic mass is 10.2. The number of nitrogens with zero attached hydrogens (tertiary/aromatic N) is 4. The van der Waals surface area contributed by atoms with Crippen molar-refractivity contribution < 1.29 is 14.6 Å². The number of rotatable bonds is 7. The first-order chi connectivity index (χ1) is 12.5. The van der Waals surface area contributed by atoms with Crippen LogP contribution in [0.25, 0.3) is 4.96 Å². The van der Waals surface area contributed by atoms with Crippen molar-refractivity contribution in [2.45, 2.75) is 38.3 Å². The number of carboxylic acids is 1. The van der Waals surface area contributed by atoms with Crippen molar-refractivity contribution >= 4 is 22.3 Å². The van der Waals surface area contributed by atoms with Gasteiger partial charge in [0.15, 0.2) is 4.96 Å². The second-order valence-corrected chi connectivity index (χ2v) is 8.35. The lowest BCUT2D eigenvalue weighted by Crippen LogP contribution is -2.47. The predicted octanol–water partition coefficient (Wildman–Crippen LogP) is 1.80. The van der Waals surface area contributed by atoms with E-state index in [2.05, 4.69) is 21.6 Å². The fourth-order valence-electron chi connectivity index (χ4n) is 3.78. The Morgan fingerprint density at radius 3 is 3.04 bits per heavy atom. The third-order valence-corrected chi connectivity index (χ3v) is 6.04. The number of likely N-dealkylation sites (N-methyl/N-ethyl adjacent to an activating group) is 1. The van der Waals surface area contributed by atoms with Crippen molar-refractivity contribution in [2.75, 3.05) is 39.8 Å². The Morgan fingerprint density at radius 2 is 2.31 bits per heavy atom. The number of aromatic nitrogens is 2. The van der Waals surface area contributed by atoms with Crippen LogP contribution >= 0.6 is 11.3 Å². The van der Waals surface area contributed by atoms with E-state index < -0.39 is 5.97 Å². The summed E-state index contributed by atoms with van der Waals surface area (Å²) in [4.78, 5) is 20.9. The molecule has 0 bridgehead atoms. The van der Waals surface area contributed by atoms with E-state index in [1.165, 1.54) is 24.2 Å². The molecule has 1 atom stereocenters. The van der Waals surface area contributed by atoms with Gasteiger partial charge in [0.05, 0.1) is 30.6 Å². The molecule has 0 amide bonds. The van der Waals surface area contributed by atoms with Gasteiger partial charge in [-0.25, -0.2) is 4.98 Å². The van der Waals surface area contributed by atoms with Crippen LogP contribution in [-0.2, 0) is 16.1 Å². The van der Waals surface area contributed by atoms with Gasteiger partial charge in [-0.05, 0) is 26.8 Å². The van der Waals surface area contributed by atoms with E-state index in [-0.39, 0.29) is 12.6 Å². The number of aryl methyl sites for hydroxylation is 1. The van der Waals surface area contributed by atoms with Gasteiger partial charge < -0.3 is 9.84 Å². The SMILES string of the molecule is Cc1nc2scc(C3CC3)n2c1CN1CCOC(CN(C)CC(=O)O)C1. The van der Waals surface area contributed by atoms with Crippen LogP contribution in [0.15, 0.2) is 5.38 Å². The summed E-state index contributed by atoms with van der Waals surface area (Å²) in [7, 11) is 1.83. The summed E-state index contributed by atoms with van der Waals surface area (Å²) in [5.74, 6) is -0.0966. The van der Waals surface area contributed by atoms with Crippen LogP contribution in [0.3, 0.4) is 0 Å². The molecule has 1 saturated carbocycles. The summed E-state index contributed by atoms with van der Waals surface area (Å²) >= 11 is 1.74. The molecule has 1 N–H and O–H groups in total. The van der Waals surface area contributed by atoms with Gasteiger partial charge in [0.25, 0.3) is 0 Å². The normalized spacial score (nSPS) is 21.7. The largest absolute Gasteiger partial charge is 0.480 e. The molecular weight excluding hydrogens is 352 g/mol. The molecule has 3 heterocycles. The molecule has 1 aliphatic heterocycles. The van der Waals surface area contributed by atoms with Gasteiger partial charge in [0.2, 0.25) is 0 Å². The molecule has 0 radical (unpaired) electrons. The minimum Gasteiger partial charge on any atom is -0.480 e. The summed E-state index contributed by atoms with van der Waals surface area (Å²) < 4.78 is 8.23. The zero-order chi connectivity index (χ0) is 18.3. The lowest BCUT2D eigenvalue weighted by molar-refractivity contribution is -0.138. The predicted molar refractivity (Wildman–Crippen MR) is 99.9 cm³/mol. The number of thiazole rings is 1. The average Bonchev–Trinajstić information content (AvgIpc) is 3.26. The second kappa shape index (κ2) is 7.26. The number of aliphatic carboxylic acids is 1. The van der Waals surface area contributed by atoms with E-state index in [0.29, 0.717) is 19.1 Å². The van der Waals surface area contributed by atoms with Crippen LogP contribution < -0.4 is 0 Å². The summed E-state index contributed by atoms with van der Waals surface area (Å²) in [5.41, 5.74) is 3.83. The molecule has 8 heteroatoms. The summed E-state index contributed by atoms with van der Waals surface area (Å²) in [6.07, 6.45) is 2.62. The molecule has 0 spiro atoms. The number of morpholine rings is 1. The van der Waals surface area contributed by atoms with Crippen molar-refractivity contribution in [1.29, 1.82) is 0 Å². The van der Waals surface area contributed by atoms with Gasteiger partial charge in [0.1, 0.15) is 0 Å². The van der Waals surface area contributed by atoms with E-state index in [1.54, 1.807) is 11.3 Å². The molecule has 142 valence electrons. The van der Waals surface area contributed by atoms with Crippen LogP contribution in [0.4, 0.5) is 0 Å². The first kappa shape index (κ1) is 17.9. The molecule has 26 heavy (non-hydrogen) atoms. The third-order valence-electron chi connectivity index (χ3n) is 5.20. The Hall–Kier alpha value is -1.48. The molecule has 2 fully saturated rings. The van der Waals surface area contributed by atoms with E-state index >= 15 is 0 Å². The molecular formula is C18H26N4O3S. The third kappa shape index (κ3) is 3.78. The number of ether oxygens (including phenoxy) is 1. The number of carbonyl (C=O) groups is 1. The highest BCUT2D eigenvalue weighted by atomic mass is 32.1. The summed E-state index contributed by atoms with van der Waals surface area (Å²) in [5, 5.41) is 11.2. The number of hydrogen-bond donors (Lipinski definition) is 1.